The summed E-state index contributed by atoms with van der Waals surface area (Å²) in [5, 5.41) is 0. The minimum Gasteiger partial charge on any atom is -0.354 e. The van der Waals surface area contributed by atoms with E-state index in [1.807, 2.05) is 6.20 Å². The monoisotopic (exact) mass is 281 g/mol. The van der Waals surface area contributed by atoms with Crippen molar-refractivity contribution in [3.63, 3.8) is 0 Å². The molecule has 1 aliphatic heterocycles. The third-order valence-electron chi connectivity index (χ3n) is 3.71. The topological polar surface area (TPSA) is 19.4 Å². The molecule has 1 aromatic heterocycles. The second kappa shape index (κ2) is 6.10. The zero-order valence-electron chi connectivity index (χ0n) is 12.2. The van der Waals surface area contributed by atoms with Crippen molar-refractivity contribution in [2.45, 2.75) is 26.2 Å². The summed E-state index contributed by atoms with van der Waals surface area (Å²) in [6.45, 7) is 11.9. The van der Waals surface area contributed by atoms with Crippen molar-refractivity contribution < 1.29 is 0 Å². The number of halogens is 1. The first-order valence-electron chi connectivity index (χ1n) is 7.00. The smallest absolute Gasteiger partial charge is 0.128 e. The van der Waals surface area contributed by atoms with Gasteiger partial charge in [-0.05, 0) is 17.0 Å². The van der Waals surface area contributed by atoms with Gasteiger partial charge in [-0.15, -0.1) is 11.6 Å². The number of nitrogens with zero attached hydrogens (tertiary/aromatic N) is 3. The molecular weight excluding hydrogens is 258 g/mol. The lowest BCUT2D eigenvalue weighted by Gasteiger charge is -2.35. The predicted octanol–water partition coefficient (Wildman–Crippen LogP) is 2.74. The number of piperazine rings is 1. The van der Waals surface area contributed by atoms with Crippen LogP contribution in [0.2, 0.25) is 0 Å². The van der Waals surface area contributed by atoms with Gasteiger partial charge >= 0.3 is 0 Å². The average molecular weight is 282 g/mol. The van der Waals surface area contributed by atoms with Crippen molar-refractivity contribution >= 4 is 17.4 Å². The number of rotatable bonds is 3. The molecule has 1 aliphatic rings. The maximum Gasteiger partial charge on any atom is 0.128 e. The van der Waals surface area contributed by atoms with Gasteiger partial charge in [-0.25, -0.2) is 4.98 Å². The maximum absolute atomic E-state index is 5.78. The van der Waals surface area contributed by atoms with Crippen molar-refractivity contribution in [3.05, 3.63) is 23.9 Å². The summed E-state index contributed by atoms with van der Waals surface area (Å²) in [5.41, 5.74) is 1.46. The van der Waals surface area contributed by atoms with E-state index in [0.29, 0.717) is 0 Å². The molecule has 0 atom stereocenters. The van der Waals surface area contributed by atoms with Gasteiger partial charge in [0.25, 0.3) is 0 Å². The zero-order valence-corrected chi connectivity index (χ0v) is 13.0. The van der Waals surface area contributed by atoms with Gasteiger partial charge in [0.05, 0.1) is 0 Å². The molecule has 0 amide bonds. The summed E-state index contributed by atoms with van der Waals surface area (Å²) in [5.74, 6) is 1.82. The van der Waals surface area contributed by atoms with Crippen LogP contribution in [-0.2, 0) is 5.41 Å². The van der Waals surface area contributed by atoms with E-state index in [-0.39, 0.29) is 5.41 Å². The molecule has 106 valence electrons. The Morgan fingerprint density at radius 2 is 1.84 bits per heavy atom. The third kappa shape index (κ3) is 3.83. The van der Waals surface area contributed by atoms with E-state index >= 15 is 0 Å². The molecule has 2 heterocycles. The number of alkyl halides is 1. The quantitative estimate of drug-likeness (QED) is 0.794. The van der Waals surface area contributed by atoms with Gasteiger partial charge < -0.3 is 4.90 Å². The largest absolute Gasteiger partial charge is 0.354 e. The summed E-state index contributed by atoms with van der Waals surface area (Å²) in [6, 6.07) is 4.35. The Bertz CT molecular complexity index is 389. The number of pyridine rings is 1. The van der Waals surface area contributed by atoms with Gasteiger partial charge in [0, 0.05) is 44.8 Å². The molecule has 2 rings (SSSR count). The van der Waals surface area contributed by atoms with Gasteiger partial charge in [-0.3, -0.25) is 4.90 Å². The van der Waals surface area contributed by atoms with Crippen LogP contribution >= 0.6 is 11.6 Å². The molecule has 3 nitrogen and oxygen atoms in total. The third-order valence-corrected chi connectivity index (χ3v) is 3.88. The van der Waals surface area contributed by atoms with Crippen LogP contribution in [0.1, 0.15) is 26.3 Å². The standard InChI is InChI=1S/C15H24ClN3/c1-15(2,3)13-4-5-14(17-12-13)19-10-8-18(7-6-16)9-11-19/h4-5,12H,6-11H2,1-3H3. The van der Waals surface area contributed by atoms with Crippen molar-refractivity contribution in [1.82, 2.24) is 9.88 Å². The molecule has 1 aromatic rings. The highest BCUT2D eigenvalue weighted by atomic mass is 35.5. The lowest BCUT2D eigenvalue weighted by Crippen LogP contribution is -2.47. The number of hydrogen-bond acceptors (Lipinski definition) is 3. The maximum atomic E-state index is 5.78. The molecule has 0 unspecified atom stereocenters. The minimum atomic E-state index is 0.171. The van der Waals surface area contributed by atoms with E-state index in [4.69, 9.17) is 11.6 Å². The molecule has 4 heteroatoms. The molecule has 0 spiro atoms. The fourth-order valence-corrected chi connectivity index (χ4v) is 2.58. The summed E-state index contributed by atoms with van der Waals surface area (Å²) < 4.78 is 0. The van der Waals surface area contributed by atoms with E-state index in [0.717, 1.165) is 44.4 Å². The molecule has 1 saturated heterocycles. The molecule has 19 heavy (non-hydrogen) atoms. The molecule has 0 radical (unpaired) electrons. The highest BCUT2D eigenvalue weighted by Gasteiger charge is 2.19. The van der Waals surface area contributed by atoms with Crippen LogP contribution in [-0.4, -0.2) is 48.5 Å². The summed E-state index contributed by atoms with van der Waals surface area (Å²) in [7, 11) is 0. The fourth-order valence-electron chi connectivity index (χ4n) is 2.34. The Hall–Kier alpha value is -0.800. The first-order valence-corrected chi connectivity index (χ1v) is 7.54. The molecule has 0 aromatic carbocycles. The van der Waals surface area contributed by atoms with Crippen molar-refractivity contribution in [2.24, 2.45) is 0 Å². The van der Waals surface area contributed by atoms with E-state index in [2.05, 4.69) is 47.7 Å². The Kier molecular flexibility index (Phi) is 4.69. The van der Waals surface area contributed by atoms with Gasteiger partial charge in [-0.1, -0.05) is 26.8 Å². The molecule has 1 fully saturated rings. The lowest BCUT2D eigenvalue weighted by molar-refractivity contribution is 0.272. The number of aromatic nitrogens is 1. The molecular formula is C15H24ClN3. The highest BCUT2D eigenvalue weighted by molar-refractivity contribution is 6.18. The zero-order chi connectivity index (χ0) is 13.9. The Balaban J connectivity index is 1.97. The van der Waals surface area contributed by atoms with Gasteiger partial charge in [0.2, 0.25) is 0 Å². The molecule has 0 saturated carbocycles. The first kappa shape index (κ1) is 14.6. The van der Waals surface area contributed by atoms with Crippen LogP contribution in [0.3, 0.4) is 0 Å². The average Bonchev–Trinajstić information content (AvgIpc) is 2.39. The summed E-state index contributed by atoms with van der Waals surface area (Å²) in [6.07, 6.45) is 2.01. The van der Waals surface area contributed by atoms with E-state index in [9.17, 15) is 0 Å². The Morgan fingerprint density at radius 3 is 2.32 bits per heavy atom. The Morgan fingerprint density at radius 1 is 1.16 bits per heavy atom. The van der Waals surface area contributed by atoms with Crippen LogP contribution in [0.4, 0.5) is 5.82 Å². The first-order chi connectivity index (χ1) is 9.00. The van der Waals surface area contributed by atoms with E-state index < -0.39 is 0 Å². The molecule has 0 bridgehead atoms. The highest BCUT2D eigenvalue weighted by Crippen LogP contribution is 2.23. The van der Waals surface area contributed by atoms with Gasteiger partial charge in [-0.2, -0.15) is 0 Å². The van der Waals surface area contributed by atoms with Crippen LogP contribution in [0.15, 0.2) is 18.3 Å². The van der Waals surface area contributed by atoms with Crippen molar-refractivity contribution in [1.29, 1.82) is 0 Å². The Labute approximate surface area is 121 Å². The van der Waals surface area contributed by atoms with Crippen LogP contribution < -0.4 is 4.90 Å². The summed E-state index contributed by atoms with van der Waals surface area (Å²) >= 11 is 5.78. The fraction of sp³-hybridized carbons (Fsp3) is 0.667. The summed E-state index contributed by atoms with van der Waals surface area (Å²) in [4.78, 5) is 9.39. The van der Waals surface area contributed by atoms with E-state index in [1.165, 1.54) is 5.56 Å². The SMILES string of the molecule is CC(C)(C)c1ccc(N2CCN(CCCl)CC2)nc1. The van der Waals surface area contributed by atoms with E-state index in [1.54, 1.807) is 0 Å². The molecule has 0 N–H and O–H groups in total. The van der Waals surface area contributed by atoms with Gasteiger partial charge in [0.15, 0.2) is 0 Å². The van der Waals surface area contributed by atoms with Crippen LogP contribution in [0, 0.1) is 0 Å². The minimum absolute atomic E-state index is 0.171. The predicted molar refractivity (Wildman–Crippen MR) is 82.3 cm³/mol. The number of hydrogen-bond donors (Lipinski definition) is 0. The van der Waals surface area contributed by atoms with Crippen LogP contribution in [0.5, 0.6) is 0 Å². The van der Waals surface area contributed by atoms with Crippen molar-refractivity contribution in [3.8, 4) is 0 Å². The van der Waals surface area contributed by atoms with Crippen molar-refractivity contribution in [2.75, 3.05) is 43.5 Å². The van der Waals surface area contributed by atoms with Crippen LogP contribution in [0.25, 0.3) is 0 Å². The normalized spacial score (nSPS) is 17.8. The lowest BCUT2D eigenvalue weighted by atomic mass is 9.88. The number of anilines is 1. The van der Waals surface area contributed by atoms with Gasteiger partial charge in [0.1, 0.15) is 5.82 Å². The second-order valence-electron chi connectivity index (χ2n) is 6.17. The second-order valence-corrected chi connectivity index (χ2v) is 6.55. The molecule has 0 aliphatic carbocycles.